The highest BCUT2D eigenvalue weighted by Crippen LogP contribution is 2.41. The van der Waals surface area contributed by atoms with Gasteiger partial charge in [-0.2, -0.15) is 13.2 Å². The molecule has 1 N–H and O–H groups in total. The molecule has 1 aliphatic heterocycles. The summed E-state index contributed by atoms with van der Waals surface area (Å²) in [4.78, 5) is 22.8. The Bertz CT molecular complexity index is 894. The molecule has 2 aromatic carbocycles. The molecule has 2 aromatic rings. The van der Waals surface area contributed by atoms with Gasteiger partial charge in [-0.1, -0.05) is 30.3 Å². The molecule has 0 unspecified atom stereocenters. The van der Waals surface area contributed by atoms with E-state index in [4.69, 9.17) is 0 Å². The number of hydrogen-bond acceptors (Lipinski definition) is 6. The molecule has 0 spiro atoms. The van der Waals surface area contributed by atoms with Crippen molar-refractivity contribution >= 4 is 17.1 Å². The van der Waals surface area contributed by atoms with E-state index in [9.17, 15) is 33.4 Å². The quantitative estimate of drug-likeness (QED) is 0.537. The molecule has 1 aliphatic rings. The summed E-state index contributed by atoms with van der Waals surface area (Å²) in [6.45, 7) is 2.03. The highest BCUT2D eigenvalue weighted by molar-refractivity contribution is 5.75. The van der Waals surface area contributed by atoms with Gasteiger partial charge < -0.3 is 5.32 Å². The van der Waals surface area contributed by atoms with E-state index in [2.05, 4.69) is 10.2 Å². The highest BCUT2D eigenvalue weighted by atomic mass is 19.4. The summed E-state index contributed by atoms with van der Waals surface area (Å²) >= 11 is 0. The molecule has 0 atom stereocenters. The third kappa shape index (κ3) is 5.03. The van der Waals surface area contributed by atoms with Crippen molar-refractivity contribution in [1.29, 1.82) is 0 Å². The summed E-state index contributed by atoms with van der Waals surface area (Å²) in [5.41, 5.74) is -2.69. The van der Waals surface area contributed by atoms with Gasteiger partial charge in [0.1, 0.15) is 0 Å². The van der Waals surface area contributed by atoms with E-state index in [0.717, 1.165) is 12.1 Å². The van der Waals surface area contributed by atoms with Gasteiger partial charge in [-0.25, -0.2) is 0 Å². The summed E-state index contributed by atoms with van der Waals surface area (Å²) in [5, 5.41) is 25.4. The number of anilines is 1. The maximum absolute atomic E-state index is 13.0. The van der Waals surface area contributed by atoms with Crippen LogP contribution in [-0.2, 0) is 12.7 Å². The van der Waals surface area contributed by atoms with E-state index in [0.29, 0.717) is 38.1 Å². The van der Waals surface area contributed by atoms with E-state index < -0.39 is 38.6 Å². The molecule has 1 saturated heterocycles. The Balaban J connectivity index is 1.77. The SMILES string of the molecule is O=[N+]([O-])c1cc(C(F)(F)F)cc([N+](=O)[O-])c1NC1CCN(Cc2ccccc2)CC1. The molecule has 0 bridgehead atoms. The minimum Gasteiger partial charge on any atom is -0.371 e. The van der Waals surface area contributed by atoms with Crippen LogP contribution in [0.25, 0.3) is 0 Å². The van der Waals surface area contributed by atoms with Crippen LogP contribution >= 0.6 is 0 Å². The third-order valence-electron chi connectivity index (χ3n) is 5.00. The molecular formula is C19H19F3N4O4. The van der Waals surface area contributed by atoms with Gasteiger partial charge in [0, 0.05) is 37.8 Å². The Morgan fingerprint density at radius 1 is 1.00 bits per heavy atom. The number of nitro groups is 2. The fraction of sp³-hybridized carbons (Fsp3) is 0.368. The fourth-order valence-corrected chi connectivity index (χ4v) is 3.49. The van der Waals surface area contributed by atoms with Crippen LogP contribution < -0.4 is 5.32 Å². The molecule has 0 aliphatic carbocycles. The van der Waals surface area contributed by atoms with Gasteiger partial charge in [0.05, 0.1) is 15.4 Å². The van der Waals surface area contributed by atoms with Gasteiger partial charge in [0.15, 0.2) is 5.69 Å². The van der Waals surface area contributed by atoms with Gasteiger partial charge in [0.2, 0.25) is 0 Å². The zero-order chi connectivity index (χ0) is 21.9. The summed E-state index contributed by atoms with van der Waals surface area (Å²) in [7, 11) is 0. The van der Waals surface area contributed by atoms with Crippen LogP contribution in [-0.4, -0.2) is 33.9 Å². The van der Waals surface area contributed by atoms with Crippen LogP contribution in [0.4, 0.5) is 30.2 Å². The number of nitro benzene ring substituents is 2. The summed E-state index contributed by atoms with van der Waals surface area (Å²) in [6.07, 6.45) is -3.85. The maximum atomic E-state index is 13.0. The van der Waals surface area contributed by atoms with Crippen LogP contribution in [0.1, 0.15) is 24.0 Å². The molecule has 0 amide bonds. The fourth-order valence-electron chi connectivity index (χ4n) is 3.49. The highest BCUT2D eigenvalue weighted by Gasteiger charge is 2.38. The second-order valence-electron chi connectivity index (χ2n) is 7.08. The first-order valence-electron chi connectivity index (χ1n) is 9.22. The first kappa shape index (κ1) is 21.5. The Morgan fingerprint density at radius 3 is 2.00 bits per heavy atom. The zero-order valence-electron chi connectivity index (χ0n) is 15.8. The van der Waals surface area contributed by atoms with E-state index in [1.54, 1.807) is 0 Å². The van der Waals surface area contributed by atoms with Crippen molar-refractivity contribution in [3.63, 3.8) is 0 Å². The lowest BCUT2D eigenvalue weighted by Gasteiger charge is -2.32. The number of rotatable bonds is 6. The average molecular weight is 424 g/mol. The maximum Gasteiger partial charge on any atom is 0.416 e. The van der Waals surface area contributed by atoms with Crippen molar-refractivity contribution in [2.75, 3.05) is 18.4 Å². The van der Waals surface area contributed by atoms with Crippen molar-refractivity contribution in [3.05, 3.63) is 73.8 Å². The molecule has 1 heterocycles. The number of benzene rings is 2. The second kappa shape index (κ2) is 8.66. The number of alkyl halides is 3. The monoisotopic (exact) mass is 424 g/mol. The lowest BCUT2D eigenvalue weighted by molar-refractivity contribution is -0.392. The van der Waals surface area contributed by atoms with Crippen molar-refractivity contribution in [3.8, 4) is 0 Å². The lowest BCUT2D eigenvalue weighted by atomic mass is 10.0. The molecule has 11 heteroatoms. The van der Waals surface area contributed by atoms with Crippen molar-refractivity contribution < 1.29 is 23.0 Å². The third-order valence-corrected chi connectivity index (χ3v) is 5.00. The number of halogens is 3. The van der Waals surface area contributed by atoms with E-state index in [-0.39, 0.29) is 6.04 Å². The number of hydrogen-bond donors (Lipinski definition) is 1. The lowest BCUT2D eigenvalue weighted by Crippen LogP contribution is -2.38. The van der Waals surface area contributed by atoms with Gasteiger partial charge in [-0.3, -0.25) is 25.1 Å². The molecule has 0 aromatic heterocycles. The topological polar surface area (TPSA) is 102 Å². The Morgan fingerprint density at radius 2 is 1.53 bits per heavy atom. The standard InChI is InChI=1S/C19H19F3N4O4/c20-19(21,22)14-10-16(25(27)28)18(17(11-14)26(29)30)23-15-6-8-24(9-7-15)12-13-4-2-1-3-5-13/h1-5,10-11,15,23H,6-9,12H2. The summed E-state index contributed by atoms with van der Waals surface area (Å²) < 4.78 is 39.0. The average Bonchev–Trinajstić information content (AvgIpc) is 2.69. The molecular weight excluding hydrogens is 405 g/mol. The minimum absolute atomic E-state index is 0.328. The molecule has 160 valence electrons. The van der Waals surface area contributed by atoms with Gasteiger partial charge in [-0.05, 0) is 18.4 Å². The minimum atomic E-state index is -4.93. The normalized spacial score (nSPS) is 15.7. The number of likely N-dealkylation sites (tertiary alicyclic amines) is 1. The number of piperidine rings is 1. The Labute approximate surface area is 169 Å². The van der Waals surface area contributed by atoms with Crippen LogP contribution in [0.15, 0.2) is 42.5 Å². The van der Waals surface area contributed by atoms with Crippen LogP contribution in [0, 0.1) is 20.2 Å². The number of nitrogens with zero attached hydrogens (tertiary/aromatic N) is 3. The molecule has 8 nitrogen and oxygen atoms in total. The van der Waals surface area contributed by atoms with Crippen LogP contribution in [0.5, 0.6) is 0 Å². The van der Waals surface area contributed by atoms with Crippen molar-refractivity contribution in [1.82, 2.24) is 4.90 Å². The first-order chi connectivity index (χ1) is 14.1. The smallest absolute Gasteiger partial charge is 0.371 e. The largest absolute Gasteiger partial charge is 0.416 e. The Hall–Kier alpha value is -3.21. The summed E-state index contributed by atoms with van der Waals surface area (Å²) in [6, 6.07) is 10.1. The van der Waals surface area contributed by atoms with E-state index >= 15 is 0 Å². The molecule has 0 radical (unpaired) electrons. The predicted molar refractivity (Wildman–Crippen MR) is 103 cm³/mol. The molecule has 0 saturated carbocycles. The molecule has 1 fully saturated rings. The van der Waals surface area contributed by atoms with E-state index in [1.165, 1.54) is 0 Å². The van der Waals surface area contributed by atoms with Crippen LogP contribution in [0.2, 0.25) is 0 Å². The van der Waals surface area contributed by atoms with Gasteiger partial charge in [0.25, 0.3) is 11.4 Å². The molecule has 30 heavy (non-hydrogen) atoms. The first-order valence-corrected chi connectivity index (χ1v) is 9.22. The predicted octanol–water partition coefficient (Wildman–Crippen LogP) is 4.60. The van der Waals surface area contributed by atoms with Crippen molar-refractivity contribution in [2.45, 2.75) is 31.6 Å². The summed E-state index contributed by atoms with van der Waals surface area (Å²) in [5.74, 6) is 0. The van der Waals surface area contributed by atoms with Crippen molar-refractivity contribution in [2.24, 2.45) is 0 Å². The Kier molecular flexibility index (Phi) is 6.20. The number of nitrogens with one attached hydrogen (secondary N) is 1. The molecule has 3 rings (SSSR count). The van der Waals surface area contributed by atoms with E-state index in [1.807, 2.05) is 30.3 Å². The van der Waals surface area contributed by atoms with Gasteiger partial charge in [-0.15, -0.1) is 0 Å². The van der Waals surface area contributed by atoms with Gasteiger partial charge >= 0.3 is 6.18 Å². The zero-order valence-corrected chi connectivity index (χ0v) is 15.8. The second-order valence-corrected chi connectivity index (χ2v) is 7.08. The van der Waals surface area contributed by atoms with Crippen LogP contribution in [0.3, 0.4) is 0 Å².